The van der Waals surface area contributed by atoms with Crippen molar-refractivity contribution in [3.8, 4) is 0 Å². The maximum absolute atomic E-state index is 5.81. The second-order valence-electron chi connectivity index (χ2n) is 4.10. The van der Waals surface area contributed by atoms with E-state index in [-0.39, 0.29) is 0 Å². The Labute approximate surface area is 108 Å². The fourth-order valence-corrected chi connectivity index (χ4v) is 1.83. The van der Waals surface area contributed by atoms with E-state index in [4.69, 9.17) is 5.73 Å². The summed E-state index contributed by atoms with van der Waals surface area (Å²) in [7, 11) is 0. The van der Waals surface area contributed by atoms with Gasteiger partial charge in [-0.05, 0) is 6.42 Å². The van der Waals surface area contributed by atoms with Gasteiger partial charge in [0, 0.05) is 25.4 Å². The van der Waals surface area contributed by atoms with Crippen LogP contribution in [0.25, 0.3) is 11.2 Å². The number of aromatic amines is 2. The molecule has 0 aliphatic rings. The van der Waals surface area contributed by atoms with Gasteiger partial charge in [0.15, 0.2) is 11.5 Å². The summed E-state index contributed by atoms with van der Waals surface area (Å²) in [4.78, 5) is 22.6. The van der Waals surface area contributed by atoms with Gasteiger partial charge in [-0.1, -0.05) is 0 Å². The van der Waals surface area contributed by atoms with Crippen LogP contribution in [0.2, 0.25) is 0 Å². The Morgan fingerprint density at radius 2 is 2.16 bits per heavy atom. The third kappa shape index (κ3) is 2.46. The van der Waals surface area contributed by atoms with Crippen LogP contribution in [0, 0.1) is 0 Å². The highest BCUT2D eigenvalue weighted by molar-refractivity contribution is 5.82. The van der Waals surface area contributed by atoms with Gasteiger partial charge in [0.25, 0.3) is 0 Å². The summed E-state index contributed by atoms with van der Waals surface area (Å²) < 4.78 is 0. The van der Waals surface area contributed by atoms with Gasteiger partial charge in [0.05, 0.1) is 6.33 Å². The maximum Gasteiger partial charge on any atom is 0.226 e. The van der Waals surface area contributed by atoms with Crippen LogP contribution in [-0.4, -0.2) is 36.4 Å². The van der Waals surface area contributed by atoms with Crippen LogP contribution in [0.15, 0.2) is 18.7 Å². The zero-order valence-corrected chi connectivity index (χ0v) is 10.2. The first-order valence-electron chi connectivity index (χ1n) is 6.01. The van der Waals surface area contributed by atoms with Gasteiger partial charge in [0.1, 0.15) is 11.3 Å². The van der Waals surface area contributed by atoms with Crippen LogP contribution in [0.4, 0.5) is 11.8 Å². The molecule has 0 fully saturated rings. The highest BCUT2D eigenvalue weighted by Gasteiger charge is 2.06. The van der Waals surface area contributed by atoms with E-state index < -0.39 is 0 Å². The summed E-state index contributed by atoms with van der Waals surface area (Å²) in [5, 5.41) is 3.13. The minimum absolute atomic E-state index is 0.399. The van der Waals surface area contributed by atoms with Crippen molar-refractivity contribution in [1.82, 2.24) is 29.9 Å². The predicted octanol–water partition coefficient (Wildman–Crippen LogP) is 0.703. The highest BCUT2D eigenvalue weighted by Crippen LogP contribution is 2.14. The topological polar surface area (TPSA) is 121 Å². The van der Waals surface area contributed by atoms with Crippen LogP contribution in [-0.2, 0) is 6.42 Å². The van der Waals surface area contributed by atoms with Crippen molar-refractivity contribution in [2.45, 2.75) is 12.8 Å². The average Bonchev–Trinajstić information content (AvgIpc) is 3.05. The smallest absolute Gasteiger partial charge is 0.226 e. The molecule has 5 N–H and O–H groups in total. The van der Waals surface area contributed by atoms with Crippen molar-refractivity contribution in [2.24, 2.45) is 0 Å². The van der Waals surface area contributed by atoms with Crippen molar-refractivity contribution >= 4 is 22.9 Å². The number of fused-ring (bicyclic) bond motifs is 1. The number of imidazole rings is 2. The molecule has 0 saturated heterocycles. The molecule has 0 aromatic carbocycles. The van der Waals surface area contributed by atoms with E-state index in [1.54, 1.807) is 12.5 Å². The first kappa shape index (κ1) is 11.5. The van der Waals surface area contributed by atoms with Crippen LogP contribution in [0.5, 0.6) is 0 Å². The number of nitrogens with zero attached hydrogens (tertiary/aromatic N) is 4. The number of nitrogens with one attached hydrogen (secondary N) is 3. The van der Waals surface area contributed by atoms with Gasteiger partial charge in [-0.2, -0.15) is 9.97 Å². The van der Waals surface area contributed by atoms with E-state index >= 15 is 0 Å². The quantitative estimate of drug-likeness (QED) is 0.500. The Balaban J connectivity index is 1.59. The molecular weight excluding hydrogens is 244 g/mol. The van der Waals surface area contributed by atoms with Crippen molar-refractivity contribution in [1.29, 1.82) is 0 Å². The van der Waals surface area contributed by atoms with Crippen molar-refractivity contribution in [3.05, 3.63) is 24.5 Å². The number of H-pyrrole nitrogens is 2. The zero-order chi connectivity index (χ0) is 13.1. The Hall–Kier alpha value is -2.64. The summed E-state index contributed by atoms with van der Waals surface area (Å²) in [6.07, 6.45) is 6.92. The molecule has 0 spiro atoms. The molecule has 8 heteroatoms. The van der Waals surface area contributed by atoms with Crippen LogP contribution >= 0.6 is 0 Å². The van der Waals surface area contributed by atoms with Crippen LogP contribution in [0.3, 0.4) is 0 Å². The van der Waals surface area contributed by atoms with E-state index in [9.17, 15) is 0 Å². The molecule has 3 aromatic heterocycles. The van der Waals surface area contributed by atoms with E-state index in [0.717, 1.165) is 25.2 Å². The minimum atomic E-state index is 0.399. The number of hydrogen-bond acceptors (Lipinski definition) is 6. The molecular formula is C11H14N8. The molecule has 3 rings (SSSR count). The van der Waals surface area contributed by atoms with Crippen molar-refractivity contribution in [2.75, 3.05) is 17.6 Å². The van der Waals surface area contributed by atoms with Crippen molar-refractivity contribution in [3.63, 3.8) is 0 Å². The molecule has 19 heavy (non-hydrogen) atoms. The molecule has 3 aromatic rings. The predicted molar refractivity (Wildman–Crippen MR) is 71.5 cm³/mol. The lowest BCUT2D eigenvalue weighted by molar-refractivity contribution is 0.811. The van der Waals surface area contributed by atoms with Crippen molar-refractivity contribution < 1.29 is 0 Å². The number of hydrogen-bond donors (Lipinski definition) is 4. The summed E-state index contributed by atoms with van der Waals surface area (Å²) in [5.41, 5.74) is 7.04. The fourth-order valence-electron chi connectivity index (χ4n) is 1.83. The third-order valence-corrected chi connectivity index (χ3v) is 2.74. The molecule has 0 amide bonds. The lowest BCUT2D eigenvalue weighted by atomic mass is 10.3. The lowest BCUT2D eigenvalue weighted by Crippen LogP contribution is -2.08. The Morgan fingerprint density at radius 3 is 3.00 bits per heavy atom. The van der Waals surface area contributed by atoms with E-state index in [1.165, 1.54) is 0 Å². The summed E-state index contributed by atoms with van der Waals surface area (Å²) >= 11 is 0. The number of nitrogens with two attached hydrogens (primary N) is 1. The zero-order valence-electron chi connectivity index (χ0n) is 10.2. The number of aromatic nitrogens is 6. The normalized spacial score (nSPS) is 10.9. The molecule has 98 valence electrons. The second kappa shape index (κ2) is 4.92. The number of aryl methyl sites for hydroxylation is 1. The lowest BCUT2D eigenvalue weighted by Gasteiger charge is -2.04. The van der Waals surface area contributed by atoms with Gasteiger partial charge in [-0.3, -0.25) is 0 Å². The van der Waals surface area contributed by atoms with E-state index in [2.05, 4.69) is 35.2 Å². The van der Waals surface area contributed by atoms with Crippen LogP contribution < -0.4 is 11.1 Å². The molecule has 8 nitrogen and oxygen atoms in total. The second-order valence-corrected chi connectivity index (χ2v) is 4.10. The van der Waals surface area contributed by atoms with Gasteiger partial charge >= 0.3 is 0 Å². The monoisotopic (exact) mass is 258 g/mol. The highest BCUT2D eigenvalue weighted by atomic mass is 15.2. The molecule has 0 bridgehead atoms. The molecule has 0 saturated carbocycles. The van der Waals surface area contributed by atoms with Gasteiger partial charge in [0.2, 0.25) is 5.95 Å². The van der Waals surface area contributed by atoms with Gasteiger partial charge < -0.3 is 21.0 Å². The molecule has 0 aliphatic heterocycles. The van der Waals surface area contributed by atoms with Gasteiger partial charge in [-0.15, -0.1) is 0 Å². The molecule has 0 aliphatic carbocycles. The molecule has 3 heterocycles. The van der Waals surface area contributed by atoms with Crippen LogP contribution in [0.1, 0.15) is 12.2 Å². The summed E-state index contributed by atoms with van der Waals surface area (Å²) in [6.45, 7) is 0.746. The molecule has 0 atom stereocenters. The largest absolute Gasteiger partial charge is 0.382 e. The molecule has 0 radical (unpaired) electrons. The fraction of sp³-hybridized carbons (Fsp3) is 0.273. The summed E-state index contributed by atoms with van der Waals surface area (Å²) in [5.74, 6) is 1.87. The number of anilines is 2. The third-order valence-electron chi connectivity index (χ3n) is 2.74. The Kier molecular flexibility index (Phi) is 2.97. The number of nitrogen functional groups attached to an aromatic ring is 1. The SMILES string of the molecule is Nc1nc(NCCCc2ncc[nH]2)nc2nc[nH]c12. The number of rotatable bonds is 5. The minimum Gasteiger partial charge on any atom is -0.382 e. The summed E-state index contributed by atoms with van der Waals surface area (Å²) in [6, 6.07) is 0. The Bertz CT molecular complexity index is 656. The first-order chi connectivity index (χ1) is 9.33. The van der Waals surface area contributed by atoms with Gasteiger partial charge in [-0.25, -0.2) is 9.97 Å². The maximum atomic E-state index is 5.81. The Morgan fingerprint density at radius 1 is 1.21 bits per heavy atom. The standard InChI is InChI=1S/C11H14N8/c12-9-8-10(17-6-16-8)19-11(18-9)15-3-1-2-7-13-4-5-14-7/h4-6H,1-3H2,(H,13,14)(H4,12,15,16,17,18,19). The first-order valence-corrected chi connectivity index (χ1v) is 6.01. The van der Waals surface area contributed by atoms with E-state index in [0.29, 0.717) is 22.9 Å². The average molecular weight is 258 g/mol. The van der Waals surface area contributed by atoms with E-state index in [1.807, 2.05) is 6.20 Å². The molecule has 0 unspecified atom stereocenters.